The minimum atomic E-state index is -0.853. The molecule has 0 saturated heterocycles. The molecule has 0 amide bonds. The molecule has 112 valence electrons. The lowest BCUT2D eigenvalue weighted by atomic mass is 9.99. The van der Waals surface area contributed by atoms with E-state index in [9.17, 15) is 13.2 Å². The van der Waals surface area contributed by atoms with Crippen LogP contribution in [-0.2, 0) is 12.8 Å². The zero-order valence-electron chi connectivity index (χ0n) is 11.5. The van der Waals surface area contributed by atoms with E-state index in [1.807, 2.05) is 6.07 Å². The highest BCUT2D eigenvalue weighted by Gasteiger charge is 2.11. The van der Waals surface area contributed by atoms with E-state index >= 15 is 0 Å². The van der Waals surface area contributed by atoms with Gasteiger partial charge in [0.1, 0.15) is 5.82 Å². The predicted octanol–water partition coefficient (Wildman–Crippen LogP) is 4.24. The summed E-state index contributed by atoms with van der Waals surface area (Å²) in [5.41, 5.74) is 1.53. The van der Waals surface area contributed by atoms with Gasteiger partial charge in [-0.1, -0.05) is 22.0 Å². The predicted molar refractivity (Wildman–Crippen MR) is 80.7 cm³/mol. The molecule has 0 saturated carbocycles. The second kappa shape index (κ2) is 7.09. The Kier molecular flexibility index (Phi) is 5.42. The van der Waals surface area contributed by atoms with Crippen molar-refractivity contribution in [3.63, 3.8) is 0 Å². The third-order valence-electron chi connectivity index (χ3n) is 3.28. The smallest absolute Gasteiger partial charge is 0.159 e. The monoisotopic (exact) mass is 357 g/mol. The van der Waals surface area contributed by atoms with E-state index in [0.29, 0.717) is 22.9 Å². The molecule has 0 heterocycles. The topological polar surface area (TPSA) is 12.0 Å². The average molecular weight is 358 g/mol. The van der Waals surface area contributed by atoms with Crippen LogP contribution in [0.3, 0.4) is 0 Å². The lowest BCUT2D eigenvalue weighted by Gasteiger charge is -2.17. The maximum absolute atomic E-state index is 13.4. The summed E-state index contributed by atoms with van der Waals surface area (Å²) in [4.78, 5) is 0. The summed E-state index contributed by atoms with van der Waals surface area (Å²) in [5, 5.41) is 3.12. The summed E-state index contributed by atoms with van der Waals surface area (Å²) < 4.78 is 40.2. The zero-order chi connectivity index (χ0) is 15.4. The van der Waals surface area contributed by atoms with Gasteiger partial charge >= 0.3 is 0 Å². The van der Waals surface area contributed by atoms with Crippen molar-refractivity contribution in [1.29, 1.82) is 0 Å². The van der Waals surface area contributed by atoms with E-state index in [4.69, 9.17) is 0 Å². The van der Waals surface area contributed by atoms with Crippen LogP contribution in [-0.4, -0.2) is 13.1 Å². The van der Waals surface area contributed by atoms with Gasteiger partial charge in [0.05, 0.1) is 0 Å². The molecule has 0 fully saturated rings. The normalized spacial score (nSPS) is 12.4. The minimum Gasteiger partial charge on any atom is -0.316 e. The number of likely N-dealkylation sites (N-methyl/N-ethyl adjacent to an activating group) is 1. The Morgan fingerprint density at radius 2 is 1.67 bits per heavy atom. The van der Waals surface area contributed by atoms with Crippen LogP contribution in [0.4, 0.5) is 13.2 Å². The van der Waals surface area contributed by atoms with Crippen molar-refractivity contribution < 1.29 is 13.2 Å². The third-order valence-corrected chi connectivity index (χ3v) is 3.74. The molecule has 0 spiro atoms. The largest absolute Gasteiger partial charge is 0.316 e. The Balaban J connectivity index is 2.10. The quantitative estimate of drug-likeness (QED) is 0.843. The Bertz CT molecular complexity index is 611. The maximum atomic E-state index is 13.4. The van der Waals surface area contributed by atoms with Crippen LogP contribution in [0.5, 0.6) is 0 Å². The van der Waals surface area contributed by atoms with Crippen LogP contribution in [0.1, 0.15) is 11.1 Å². The molecule has 0 radical (unpaired) electrons. The Hall–Kier alpha value is -1.33. The fraction of sp³-hybridized carbons (Fsp3) is 0.250. The van der Waals surface area contributed by atoms with Gasteiger partial charge < -0.3 is 5.32 Å². The summed E-state index contributed by atoms with van der Waals surface area (Å²) in [5.74, 6) is -2.01. The number of nitrogens with one attached hydrogen (secondary N) is 1. The lowest BCUT2D eigenvalue weighted by molar-refractivity contribution is 0.502. The van der Waals surface area contributed by atoms with Crippen LogP contribution < -0.4 is 5.32 Å². The Morgan fingerprint density at radius 1 is 0.952 bits per heavy atom. The molecule has 1 unspecified atom stereocenters. The van der Waals surface area contributed by atoms with Crippen molar-refractivity contribution in [2.24, 2.45) is 0 Å². The standard InChI is InChI=1S/C16H15BrF3N/c1-21-14(6-10-2-3-15(19)16(20)8-10)7-11-4-12(17)9-13(18)5-11/h2-5,8-9,14,21H,6-7H2,1H3. The molecule has 0 aliphatic heterocycles. The third kappa shape index (κ3) is 4.58. The first kappa shape index (κ1) is 16.0. The second-order valence-corrected chi connectivity index (χ2v) is 5.84. The van der Waals surface area contributed by atoms with Crippen molar-refractivity contribution in [2.45, 2.75) is 18.9 Å². The van der Waals surface area contributed by atoms with Crippen molar-refractivity contribution in [2.75, 3.05) is 7.05 Å². The fourth-order valence-corrected chi connectivity index (χ4v) is 2.75. The molecule has 1 nitrogen and oxygen atoms in total. The number of rotatable bonds is 5. The van der Waals surface area contributed by atoms with Crippen LogP contribution >= 0.6 is 15.9 Å². The van der Waals surface area contributed by atoms with Gasteiger partial charge in [0.2, 0.25) is 0 Å². The number of hydrogen-bond acceptors (Lipinski definition) is 1. The van der Waals surface area contributed by atoms with Crippen molar-refractivity contribution in [3.05, 3.63) is 69.4 Å². The summed E-state index contributed by atoms with van der Waals surface area (Å²) in [6, 6.07) is 8.59. The molecule has 2 aromatic carbocycles. The molecule has 0 bridgehead atoms. The summed E-state index contributed by atoms with van der Waals surface area (Å²) in [6.45, 7) is 0. The molecule has 2 rings (SSSR count). The van der Waals surface area contributed by atoms with Gasteiger partial charge in [-0.05, 0) is 61.3 Å². The molecule has 2 aromatic rings. The molecule has 1 atom stereocenters. The van der Waals surface area contributed by atoms with Gasteiger partial charge in [-0.3, -0.25) is 0 Å². The Morgan fingerprint density at radius 3 is 2.29 bits per heavy atom. The first-order chi connectivity index (χ1) is 9.97. The van der Waals surface area contributed by atoms with Crippen LogP contribution in [0.25, 0.3) is 0 Å². The van der Waals surface area contributed by atoms with Crippen molar-refractivity contribution >= 4 is 15.9 Å². The minimum absolute atomic E-state index is 0.00330. The van der Waals surface area contributed by atoms with E-state index in [1.165, 1.54) is 18.2 Å². The van der Waals surface area contributed by atoms with E-state index in [1.54, 1.807) is 13.1 Å². The number of hydrogen-bond donors (Lipinski definition) is 1. The van der Waals surface area contributed by atoms with E-state index in [-0.39, 0.29) is 11.9 Å². The zero-order valence-corrected chi connectivity index (χ0v) is 13.1. The molecular formula is C16H15BrF3N. The van der Waals surface area contributed by atoms with Gasteiger partial charge in [-0.15, -0.1) is 0 Å². The Labute approximate surface area is 130 Å². The number of halogens is 4. The van der Waals surface area contributed by atoms with Crippen LogP contribution in [0.15, 0.2) is 40.9 Å². The lowest BCUT2D eigenvalue weighted by Crippen LogP contribution is -2.30. The van der Waals surface area contributed by atoms with Crippen LogP contribution in [0, 0.1) is 17.5 Å². The van der Waals surface area contributed by atoms with Gasteiger partial charge in [-0.2, -0.15) is 0 Å². The van der Waals surface area contributed by atoms with Gasteiger partial charge in [0.15, 0.2) is 11.6 Å². The first-order valence-corrected chi connectivity index (χ1v) is 7.33. The maximum Gasteiger partial charge on any atom is 0.159 e. The molecular weight excluding hydrogens is 343 g/mol. The molecule has 0 aromatic heterocycles. The number of benzene rings is 2. The molecule has 1 N–H and O–H groups in total. The van der Waals surface area contributed by atoms with Crippen molar-refractivity contribution in [1.82, 2.24) is 5.32 Å². The molecule has 21 heavy (non-hydrogen) atoms. The van der Waals surface area contributed by atoms with E-state index < -0.39 is 11.6 Å². The van der Waals surface area contributed by atoms with Gasteiger partial charge in [0.25, 0.3) is 0 Å². The fourth-order valence-electron chi connectivity index (χ4n) is 2.24. The SMILES string of the molecule is CNC(Cc1cc(F)cc(Br)c1)Cc1ccc(F)c(F)c1. The first-order valence-electron chi connectivity index (χ1n) is 6.54. The highest BCUT2D eigenvalue weighted by Crippen LogP contribution is 2.18. The van der Waals surface area contributed by atoms with Gasteiger partial charge in [-0.25, -0.2) is 13.2 Å². The summed E-state index contributed by atoms with van der Waals surface area (Å²) >= 11 is 3.26. The summed E-state index contributed by atoms with van der Waals surface area (Å²) in [7, 11) is 1.79. The van der Waals surface area contributed by atoms with Crippen LogP contribution in [0.2, 0.25) is 0 Å². The summed E-state index contributed by atoms with van der Waals surface area (Å²) in [6.07, 6.45) is 1.12. The van der Waals surface area contributed by atoms with E-state index in [2.05, 4.69) is 21.2 Å². The highest BCUT2D eigenvalue weighted by atomic mass is 79.9. The molecule has 0 aliphatic carbocycles. The van der Waals surface area contributed by atoms with E-state index in [0.717, 1.165) is 11.6 Å². The molecule has 0 aliphatic rings. The molecule has 5 heteroatoms. The second-order valence-electron chi connectivity index (χ2n) is 4.92. The highest BCUT2D eigenvalue weighted by molar-refractivity contribution is 9.10. The average Bonchev–Trinajstić information content (AvgIpc) is 2.41. The van der Waals surface area contributed by atoms with Gasteiger partial charge in [0, 0.05) is 10.5 Å². The van der Waals surface area contributed by atoms with Crippen molar-refractivity contribution in [3.8, 4) is 0 Å².